The van der Waals surface area contributed by atoms with E-state index in [0.29, 0.717) is 0 Å². The van der Waals surface area contributed by atoms with Crippen LogP contribution in [0.15, 0.2) is 46.9 Å². The summed E-state index contributed by atoms with van der Waals surface area (Å²) in [6, 6.07) is 12.0. The summed E-state index contributed by atoms with van der Waals surface area (Å²) in [7, 11) is 0. The molecule has 1 fully saturated rings. The van der Waals surface area contributed by atoms with Crippen molar-refractivity contribution in [3.63, 3.8) is 0 Å². The summed E-state index contributed by atoms with van der Waals surface area (Å²) in [4.78, 5) is 20.4. The van der Waals surface area contributed by atoms with Gasteiger partial charge in [-0.15, -0.1) is 11.3 Å². The molecule has 2 aromatic rings. The molecular formula is C19H23N3O3S. The van der Waals surface area contributed by atoms with Gasteiger partial charge in [0, 0.05) is 23.7 Å². The average molecular weight is 373 g/mol. The smallest absolute Gasteiger partial charge is 0.261 e. The van der Waals surface area contributed by atoms with E-state index in [4.69, 9.17) is 9.57 Å². The second-order valence-corrected chi connectivity index (χ2v) is 6.98. The Morgan fingerprint density at radius 2 is 2.12 bits per heavy atom. The third kappa shape index (κ3) is 5.31. The fourth-order valence-electron chi connectivity index (χ4n) is 2.68. The first-order valence-electron chi connectivity index (χ1n) is 8.63. The number of nitrogens with zero attached hydrogens (tertiary/aromatic N) is 2. The number of carbonyl (C=O) groups excluding carboxylic acids is 1. The molecule has 0 aliphatic carbocycles. The molecule has 1 aromatic carbocycles. The van der Waals surface area contributed by atoms with Crippen LogP contribution >= 0.6 is 11.3 Å². The number of hydrogen-bond donors (Lipinski definition) is 1. The first-order chi connectivity index (χ1) is 12.7. The van der Waals surface area contributed by atoms with Gasteiger partial charge in [-0.25, -0.2) is 0 Å². The Bertz CT molecular complexity index is 710. The quantitative estimate of drug-likeness (QED) is 0.599. The Morgan fingerprint density at radius 3 is 2.81 bits per heavy atom. The number of rotatable bonds is 7. The Morgan fingerprint density at radius 1 is 1.35 bits per heavy atom. The van der Waals surface area contributed by atoms with Crippen LogP contribution in [-0.4, -0.2) is 45.0 Å². The number of thiophene rings is 1. The van der Waals surface area contributed by atoms with Gasteiger partial charge in [-0.2, -0.15) is 0 Å². The topological polar surface area (TPSA) is 63.2 Å². The lowest BCUT2D eigenvalue weighted by molar-refractivity contribution is -0.126. The average Bonchev–Trinajstić information content (AvgIpc) is 3.21. The number of oxime groups is 1. The highest BCUT2D eigenvalue weighted by Crippen LogP contribution is 2.18. The molecule has 7 heteroatoms. The summed E-state index contributed by atoms with van der Waals surface area (Å²) in [6.07, 6.45) is 1.61. The number of anilines is 1. The van der Waals surface area contributed by atoms with Crippen LogP contribution in [0, 0.1) is 0 Å². The van der Waals surface area contributed by atoms with Crippen LogP contribution in [0.3, 0.4) is 0 Å². The van der Waals surface area contributed by atoms with Gasteiger partial charge < -0.3 is 19.8 Å². The van der Waals surface area contributed by atoms with Crippen molar-refractivity contribution in [3.05, 3.63) is 52.2 Å². The summed E-state index contributed by atoms with van der Waals surface area (Å²) < 4.78 is 5.36. The predicted molar refractivity (Wildman–Crippen MR) is 104 cm³/mol. The van der Waals surface area contributed by atoms with Crippen LogP contribution in [0.1, 0.15) is 23.4 Å². The van der Waals surface area contributed by atoms with Crippen molar-refractivity contribution in [2.45, 2.75) is 13.0 Å². The van der Waals surface area contributed by atoms with E-state index in [2.05, 4.69) is 27.5 Å². The molecule has 1 aliphatic heterocycles. The molecule has 26 heavy (non-hydrogen) atoms. The highest BCUT2D eigenvalue weighted by Gasteiger charge is 2.11. The molecule has 1 N–H and O–H groups in total. The maximum Gasteiger partial charge on any atom is 0.261 e. The van der Waals surface area contributed by atoms with Crippen molar-refractivity contribution >= 4 is 29.1 Å². The van der Waals surface area contributed by atoms with Gasteiger partial charge in [-0.05, 0) is 36.1 Å². The van der Waals surface area contributed by atoms with E-state index in [9.17, 15) is 4.79 Å². The van der Waals surface area contributed by atoms with Crippen molar-refractivity contribution in [2.24, 2.45) is 5.16 Å². The van der Waals surface area contributed by atoms with Crippen LogP contribution < -0.4 is 10.2 Å². The maximum atomic E-state index is 11.9. The molecule has 1 unspecified atom stereocenters. The lowest BCUT2D eigenvalue weighted by Crippen LogP contribution is -2.36. The maximum absolute atomic E-state index is 11.9. The zero-order valence-corrected chi connectivity index (χ0v) is 15.6. The van der Waals surface area contributed by atoms with Gasteiger partial charge >= 0.3 is 0 Å². The molecule has 3 rings (SSSR count). The molecule has 1 aliphatic rings. The summed E-state index contributed by atoms with van der Waals surface area (Å²) in [5.41, 5.74) is 2.10. The number of hydrogen-bond acceptors (Lipinski definition) is 6. The normalized spacial score (nSPS) is 15.8. The van der Waals surface area contributed by atoms with E-state index in [1.165, 1.54) is 5.69 Å². The second kappa shape index (κ2) is 9.35. The molecule has 1 saturated heterocycles. The molecule has 0 radical (unpaired) electrons. The second-order valence-electron chi connectivity index (χ2n) is 6.00. The van der Waals surface area contributed by atoms with E-state index < -0.39 is 0 Å². The molecule has 1 amide bonds. The number of amides is 1. The Balaban J connectivity index is 1.41. The van der Waals surface area contributed by atoms with E-state index in [1.54, 1.807) is 17.6 Å². The van der Waals surface area contributed by atoms with Crippen LogP contribution in [0.25, 0.3) is 0 Å². The minimum absolute atomic E-state index is 0.0252. The number of nitrogens with one attached hydrogen (secondary N) is 1. The van der Waals surface area contributed by atoms with Crippen molar-refractivity contribution < 1.29 is 14.4 Å². The molecule has 1 aromatic heterocycles. The van der Waals surface area contributed by atoms with Gasteiger partial charge in [0.05, 0.1) is 25.5 Å². The van der Waals surface area contributed by atoms with E-state index in [-0.39, 0.29) is 18.6 Å². The van der Waals surface area contributed by atoms with Gasteiger partial charge in [-0.3, -0.25) is 4.79 Å². The highest BCUT2D eigenvalue weighted by atomic mass is 32.1. The van der Waals surface area contributed by atoms with Crippen molar-refractivity contribution in [2.75, 3.05) is 37.8 Å². The van der Waals surface area contributed by atoms with E-state index >= 15 is 0 Å². The van der Waals surface area contributed by atoms with Gasteiger partial charge in [0.1, 0.15) is 0 Å². The molecule has 138 valence electrons. The third-order valence-electron chi connectivity index (χ3n) is 4.09. The fraction of sp³-hybridized carbons (Fsp3) is 0.368. The minimum Gasteiger partial charge on any atom is -0.386 e. The Labute approximate surface area is 157 Å². The lowest BCUT2D eigenvalue weighted by Gasteiger charge is -2.28. The molecule has 0 saturated carbocycles. The van der Waals surface area contributed by atoms with E-state index in [1.807, 2.05) is 36.6 Å². The minimum atomic E-state index is -0.189. The monoisotopic (exact) mass is 373 g/mol. The van der Waals surface area contributed by atoms with Crippen LogP contribution in [0.5, 0.6) is 0 Å². The summed E-state index contributed by atoms with van der Waals surface area (Å²) >= 11 is 1.61. The molecule has 6 nitrogen and oxygen atoms in total. The lowest BCUT2D eigenvalue weighted by atomic mass is 10.2. The van der Waals surface area contributed by atoms with Crippen LogP contribution in [0.4, 0.5) is 5.69 Å². The first-order valence-corrected chi connectivity index (χ1v) is 9.51. The van der Waals surface area contributed by atoms with Gasteiger partial charge in [0.25, 0.3) is 5.91 Å². The fourth-order valence-corrected chi connectivity index (χ4v) is 3.41. The SMILES string of the molecule is CC(NC(=O)CO/N=C/c1ccc(N2CCOCC2)cc1)c1cccs1. The zero-order valence-electron chi connectivity index (χ0n) is 14.8. The number of carbonyl (C=O) groups is 1. The highest BCUT2D eigenvalue weighted by molar-refractivity contribution is 7.10. The van der Waals surface area contributed by atoms with Gasteiger partial charge in [0.2, 0.25) is 0 Å². The zero-order chi connectivity index (χ0) is 18.2. The number of ether oxygens (including phenoxy) is 1. The molecule has 0 bridgehead atoms. The number of morpholine rings is 1. The largest absolute Gasteiger partial charge is 0.386 e. The Hall–Kier alpha value is -2.38. The Kier molecular flexibility index (Phi) is 6.62. The summed E-state index contributed by atoms with van der Waals surface area (Å²) in [5.74, 6) is -0.189. The third-order valence-corrected chi connectivity index (χ3v) is 5.14. The summed E-state index contributed by atoms with van der Waals surface area (Å²) in [6.45, 7) is 5.21. The van der Waals surface area contributed by atoms with Crippen LogP contribution in [0.2, 0.25) is 0 Å². The molecule has 2 heterocycles. The molecular weight excluding hydrogens is 350 g/mol. The van der Waals surface area contributed by atoms with Crippen molar-refractivity contribution in [1.82, 2.24) is 5.32 Å². The standard InChI is InChI=1S/C19H23N3O3S/c1-15(18-3-2-12-26-18)21-19(23)14-25-20-13-16-4-6-17(7-5-16)22-8-10-24-11-9-22/h2-7,12-13,15H,8-11,14H2,1H3,(H,21,23)/b20-13+. The van der Waals surface area contributed by atoms with Crippen molar-refractivity contribution in [1.29, 1.82) is 0 Å². The molecule has 0 spiro atoms. The van der Waals surface area contributed by atoms with E-state index in [0.717, 1.165) is 36.7 Å². The molecule has 1 atom stereocenters. The van der Waals surface area contributed by atoms with Crippen molar-refractivity contribution in [3.8, 4) is 0 Å². The van der Waals surface area contributed by atoms with Gasteiger partial charge in [0.15, 0.2) is 6.61 Å². The van der Waals surface area contributed by atoms with Gasteiger partial charge in [-0.1, -0.05) is 23.4 Å². The first kappa shape index (κ1) is 18.4. The summed E-state index contributed by atoms with van der Waals surface area (Å²) in [5, 5.41) is 8.75. The predicted octanol–water partition coefficient (Wildman–Crippen LogP) is 2.81. The van der Waals surface area contributed by atoms with Crippen LogP contribution in [-0.2, 0) is 14.4 Å². The number of benzene rings is 1.